The van der Waals surface area contributed by atoms with Gasteiger partial charge < -0.3 is 4.74 Å². The summed E-state index contributed by atoms with van der Waals surface area (Å²) in [4.78, 5) is 2.25. The lowest BCUT2D eigenvalue weighted by Crippen LogP contribution is -2.28. The molecule has 0 aliphatic heterocycles. The maximum Gasteiger partial charge on any atom is 0.131 e. The highest BCUT2D eigenvalue weighted by Gasteiger charge is 2.28. The van der Waals surface area contributed by atoms with Gasteiger partial charge in [0.1, 0.15) is 11.6 Å². The third-order valence-corrected chi connectivity index (χ3v) is 3.24. The molecule has 0 unspecified atom stereocenters. The minimum Gasteiger partial charge on any atom is -0.497 e. The third kappa shape index (κ3) is 3.33. The van der Waals surface area contributed by atoms with E-state index in [1.807, 2.05) is 0 Å². The normalized spacial score (nSPS) is 15.3. The average molecular weight is 258 g/mol. The molecule has 4 heteroatoms. The molecule has 0 atom stereocenters. The van der Waals surface area contributed by atoms with Crippen LogP contribution in [0.15, 0.2) is 18.2 Å². The van der Waals surface area contributed by atoms with Crippen molar-refractivity contribution in [2.45, 2.75) is 25.4 Å². The van der Waals surface area contributed by atoms with Gasteiger partial charge >= 0.3 is 0 Å². The minimum atomic E-state index is -0.204. The lowest BCUT2D eigenvalue weighted by Gasteiger charge is -2.21. The molecular weight excluding hydrogens is 241 g/mol. The van der Waals surface area contributed by atoms with Crippen molar-refractivity contribution in [2.24, 2.45) is 0 Å². The number of ether oxygens (including phenoxy) is 1. The molecule has 0 saturated heterocycles. The SMILES string of the molecule is COc1ccc(CN(CCCl)C2CC2)c(F)c1. The predicted octanol–water partition coefficient (Wildman–Crippen LogP) is 3.04. The first-order valence-electron chi connectivity index (χ1n) is 5.87. The largest absolute Gasteiger partial charge is 0.497 e. The molecule has 0 amide bonds. The zero-order valence-corrected chi connectivity index (χ0v) is 10.7. The quantitative estimate of drug-likeness (QED) is 0.727. The van der Waals surface area contributed by atoms with Crippen molar-refractivity contribution in [3.8, 4) is 5.75 Å². The van der Waals surface area contributed by atoms with Gasteiger partial charge in [0.15, 0.2) is 0 Å². The third-order valence-electron chi connectivity index (χ3n) is 3.07. The van der Waals surface area contributed by atoms with Gasteiger partial charge in [0, 0.05) is 36.6 Å². The van der Waals surface area contributed by atoms with Crippen molar-refractivity contribution in [3.63, 3.8) is 0 Å². The molecule has 0 radical (unpaired) electrons. The van der Waals surface area contributed by atoms with Crippen molar-refractivity contribution in [1.82, 2.24) is 4.90 Å². The van der Waals surface area contributed by atoms with E-state index in [2.05, 4.69) is 4.90 Å². The second-order valence-electron chi connectivity index (χ2n) is 4.35. The molecule has 94 valence electrons. The maximum absolute atomic E-state index is 13.8. The second kappa shape index (κ2) is 5.69. The van der Waals surface area contributed by atoms with Gasteiger partial charge in [-0.3, -0.25) is 4.90 Å². The van der Waals surface area contributed by atoms with Gasteiger partial charge in [0.25, 0.3) is 0 Å². The maximum atomic E-state index is 13.8. The molecule has 0 spiro atoms. The van der Waals surface area contributed by atoms with E-state index in [0.717, 1.165) is 6.54 Å². The molecule has 1 aliphatic carbocycles. The molecule has 0 bridgehead atoms. The van der Waals surface area contributed by atoms with Gasteiger partial charge in [-0.2, -0.15) is 0 Å². The van der Waals surface area contributed by atoms with Crippen LogP contribution in [0.5, 0.6) is 5.75 Å². The fourth-order valence-corrected chi connectivity index (χ4v) is 2.16. The number of methoxy groups -OCH3 is 1. The van der Waals surface area contributed by atoms with Crippen molar-refractivity contribution < 1.29 is 9.13 Å². The molecule has 17 heavy (non-hydrogen) atoms. The predicted molar refractivity (Wildman–Crippen MR) is 67.1 cm³/mol. The van der Waals surface area contributed by atoms with E-state index in [-0.39, 0.29) is 5.82 Å². The van der Waals surface area contributed by atoms with Crippen LogP contribution in [0.4, 0.5) is 4.39 Å². The van der Waals surface area contributed by atoms with E-state index in [9.17, 15) is 4.39 Å². The molecule has 0 N–H and O–H groups in total. The van der Waals surface area contributed by atoms with Crippen molar-refractivity contribution in [2.75, 3.05) is 19.5 Å². The number of nitrogens with zero attached hydrogens (tertiary/aromatic N) is 1. The summed E-state index contributed by atoms with van der Waals surface area (Å²) in [5.74, 6) is 0.944. The van der Waals surface area contributed by atoms with E-state index in [1.54, 1.807) is 19.2 Å². The van der Waals surface area contributed by atoms with Crippen LogP contribution in [0, 0.1) is 5.82 Å². The Kier molecular flexibility index (Phi) is 4.24. The summed E-state index contributed by atoms with van der Waals surface area (Å²) < 4.78 is 18.8. The Balaban J connectivity index is 2.05. The average Bonchev–Trinajstić information content (AvgIpc) is 3.14. The highest BCUT2D eigenvalue weighted by Crippen LogP contribution is 2.29. The topological polar surface area (TPSA) is 12.5 Å². The Morgan fingerprint density at radius 1 is 1.47 bits per heavy atom. The Labute approximate surface area is 106 Å². The van der Waals surface area contributed by atoms with Crippen LogP contribution in [0.1, 0.15) is 18.4 Å². The van der Waals surface area contributed by atoms with Gasteiger partial charge in [0.05, 0.1) is 7.11 Å². The van der Waals surface area contributed by atoms with E-state index < -0.39 is 0 Å². The molecular formula is C13H17ClFNO. The van der Waals surface area contributed by atoms with Gasteiger partial charge in [-0.15, -0.1) is 11.6 Å². The zero-order chi connectivity index (χ0) is 12.3. The molecule has 1 aliphatic rings. The minimum absolute atomic E-state index is 0.204. The van der Waals surface area contributed by atoms with E-state index in [1.165, 1.54) is 18.9 Å². The summed E-state index contributed by atoms with van der Waals surface area (Å²) in [6, 6.07) is 5.61. The van der Waals surface area contributed by atoms with Gasteiger partial charge in [-0.1, -0.05) is 6.07 Å². The molecule has 1 saturated carbocycles. The van der Waals surface area contributed by atoms with Crippen LogP contribution in [0.2, 0.25) is 0 Å². The number of hydrogen-bond donors (Lipinski definition) is 0. The monoisotopic (exact) mass is 257 g/mol. The molecule has 0 aromatic heterocycles. The van der Waals surface area contributed by atoms with E-state index in [0.29, 0.717) is 29.8 Å². The van der Waals surface area contributed by atoms with Crippen LogP contribution < -0.4 is 4.74 Å². The van der Waals surface area contributed by atoms with Crippen LogP contribution in [-0.2, 0) is 6.54 Å². The fraction of sp³-hybridized carbons (Fsp3) is 0.538. The zero-order valence-electron chi connectivity index (χ0n) is 9.96. The van der Waals surface area contributed by atoms with E-state index >= 15 is 0 Å². The van der Waals surface area contributed by atoms with Crippen molar-refractivity contribution >= 4 is 11.6 Å². The summed E-state index contributed by atoms with van der Waals surface area (Å²) in [7, 11) is 1.54. The van der Waals surface area contributed by atoms with Crippen molar-refractivity contribution in [1.29, 1.82) is 0 Å². The Morgan fingerprint density at radius 3 is 2.76 bits per heavy atom. The fourth-order valence-electron chi connectivity index (χ4n) is 1.94. The Bertz CT molecular complexity index is 382. The lowest BCUT2D eigenvalue weighted by atomic mass is 10.2. The first kappa shape index (κ1) is 12.7. The van der Waals surface area contributed by atoms with Crippen LogP contribution >= 0.6 is 11.6 Å². The van der Waals surface area contributed by atoms with Gasteiger partial charge in [-0.05, 0) is 18.9 Å². The smallest absolute Gasteiger partial charge is 0.131 e. The van der Waals surface area contributed by atoms with Gasteiger partial charge in [0.2, 0.25) is 0 Å². The number of alkyl halides is 1. The van der Waals surface area contributed by atoms with Crippen LogP contribution in [-0.4, -0.2) is 30.5 Å². The number of benzene rings is 1. The number of halogens is 2. The standard InChI is InChI=1S/C13H17ClFNO/c1-17-12-5-2-10(13(15)8-12)9-16(7-6-14)11-3-4-11/h2,5,8,11H,3-4,6-7,9H2,1H3. The Hall–Kier alpha value is -0.800. The molecule has 1 aromatic carbocycles. The molecule has 1 aromatic rings. The Morgan fingerprint density at radius 2 is 2.24 bits per heavy atom. The lowest BCUT2D eigenvalue weighted by molar-refractivity contribution is 0.266. The summed E-state index contributed by atoms with van der Waals surface area (Å²) in [6.07, 6.45) is 2.41. The highest BCUT2D eigenvalue weighted by atomic mass is 35.5. The van der Waals surface area contributed by atoms with Crippen LogP contribution in [0.25, 0.3) is 0 Å². The van der Waals surface area contributed by atoms with Gasteiger partial charge in [-0.25, -0.2) is 4.39 Å². The highest BCUT2D eigenvalue weighted by molar-refractivity contribution is 6.18. The molecule has 2 rings (SSSR count). The molecule has 2 nitrogen and oxygen atoms in total. The molecule has 0 heterocycles. The summed E-state index contributed by atoms with van der Waals surface area (Å²) >= 11 is 5.77. The number of rotatable bonds is 6. The second-order valence-corrected chi connectivity index (χ2v) is 4.73. The first-order chi connectivity index (χ1) is 8.24. The first-order valence-corrected chi connectivity index (χ1v) is 6.40. The van der Waals surface area contributed by atoms with Crippen molar-refractivity contribution in [3.05, 3.63) is 29.6 Å². The summed E-state index contributed by atoms with van der Waals surface area (Å²) in [6.45, 7) is 1.45. The molecule has 1 fully saturated rings. The number of hydrogen-bond acceptors (Lipinski definition) is 2. The van der Waals surface area contributed by atoms with Crippen LogP contribution in [0.3, 0.4) is 0 Å². The summed E-state index contributed by atoms with van der Waals surface area (Å²) in [5, 5.41) is 0. The summed E-state index contributed by atoms with van der Waals surface area (Å²) in [5.41, 5.74) is 0.711. The van der Waals surface area contributed by atoms with E-state index in [4.69, 9.17) is 16.3 Å².